The van der Waals surface area contributed by atoms with Crippen molar-refractivity contribution in [3.8, 4) is 0 Å². The smallest absolute Gasteiger partial charge is 0.148 e. The van der Waals surface area contributed by atoms with Crippen molar-refractivity contribution in [3.05, 3.63) is 29.6 Å². The van der Waals surface area contributed by atoms with Crippen LogP contribution in [-0.4, -0.2) is 36.3 Å². The Bertz CT molecular complexity index is 421. The number of thiocarbonyl (C=S) groups is 1. The third kappa shape index (κ3) is 3.12. The van der Waals surface area contributed by atoms with Gasteiger partial charge in [0.15, 0.2) is 0 Å². The topological polar surface area (TPSA) is 50.5 Å². The Hall–Kier alpha value is -1.24. The molecule has 0 saturated carbocycles. The van der Waals surface area contributed by atoms with Crippen LogP contribution in [0.3, 0.4) is 0 Å². The van der Waals surface area contributed by atoms with Gasteiger partial charge < -0.3 is 15.9 Å². The van der Waals surface area contributed by atoms with Gasteiger partial charge in [-0.1, -0.05) is 12.2 Å². The molecule has 0 aliphatic carbocycles. The summed E-state index contributed by atoms with van der Waals surface area (Å²) in [5.74, 6) is -0.359. The van der Waals surface area contributed by atoms with E-state index in [0.29, 0.717) is 24.5 Å². The van der Waals surface area contributed by atoms with Crippen molar-refractivity contribution in [3.63, 3.8) is 0 Å². The highest BCUT2D eigenvalue weighted by Crippen LogP contribution is 2.17. The van der Waals surface area contributed by atoms with E-state index >= 15 is 0 Å². The lowest BCUT2D eigenvalue weighted by molar-refractivity contribution is 0.0495. The van der Waals surface area contributed by atoms with Gasteiger partial charge in [0, 0.05) is 18.7 Å². The van der Waals surface area contributed by atoms with E-state index in [1.165, 1.54) is 6.07 Å². The van der Waals surface area contributed by atoms with Gasteiger partial charge in [-0.25, -0.2) is 9.40 Å². The SMILES string of the molecule is NC(=S)c1ccc(NN2CCOCC2)c(F)c1. The summed E-state index contributed by atoms with van der Waals surface area (Å²) in [6.45, 7) is 2.77. The Morgan fingerprint density at radius 2 is 2.12 bits per heavy atom. The van der Waals surface area contributed by atoms with Crippen LogP contribution in [0.5, 0.6) is 0 Å². The lowest BCUT2D eigenvalue weighted by atomic mass is 10.2. The van der Waals surface area contributed by atoms with Crippen molar-refractivity contribution in [2.45, 2.75) is 0 Å². The van der Waals surface area contributed by atoms with Gasteiger partial charge in [0.2, 0.25) is 0 Å². The minimum absolute atomic E-state index is 0.196. The number of nitrogens with zero attached hydrogens (tertiary/aromatic N) is 1. The van der Waals surface area contributed by atoms with Crippen LogP contribution < -0.4 is 11.2 Å². The molecular formula is C11H14FN3OS. The fraction of sp³-hybridized carbons (Fsp3) is 0.364. The van der Waals surface area contributed by atoms with Gasteiger partial charge in [0.05, 0.1) is 18.9 Å². The molecule has 0 radical (unpaired) electrons. The lowest BCUT2D eigenvalue weighted by Gasteiger charge is -2.28. The van der Waals surface area contributed by atoms with Gasteiger partial charge in [-0.05, 0) is 18.2 Å². The number of halogens is 1. The molecule has 1 heterocycles. The number of benzene rings is 1. The van der Waals surface area contributed by atoms with E-state index in [1.54, 1.807) is 12.1 Å². The first-order valence-corrected chi connectivity index (χ1v) is 5.76. The summed E-state index contributed by atoms with van der Waals surface area (Å²) >= 11 is 4.79. The highest BCUT2D eigenvalue weighted by molar-refractivity contribution is 7.80. The molecule has 1 fully saturated rings. The molecule has 4 nitrogen and oxygen atoms in total. The minimum Gasteiger partial charge on any atom is -0.389 e. The molecule has 2 rings (SSSR count). The Kier molecular flexibility index (Phi) is 3.88. The largest absolute Gasteiger partial charge is 0.389 e. The fourth-order valence-corrected chi connectivity index (χ4v) is 1.73. The average Bonchev–Trinajstić information content (AvgIpc) is 2.33. The second-order valence-electron chi connectivity index (χ2n) is 3.77. The van der Waals surface area contributed by atoms with E-state index in [-0.39, 0.29) is 10.8 Å². The van der Waals surface area contributed by atoms with Crippen molar-refractivity contribution in [1.82, 2.24) is 5.01 Å². The average molecular weight is 255 g/mol. The van der Waals surface area contributed by atoms with Gasteiger partial charge in [-0.2, -0.15) is 0 Å². The number of hydrogen-bond donors (Lipinski definition) is 2. The van der Waals surface area contributed by atoms with Crippen molar-refractivity contribution >= 4 is 22.9 Å². The van der Waals surface area contributed by atoms with E-state index in [4.69, 9.17) is 22.7 Å². The molecular weight excluding hydrogens is 241 g/mol. The monoisotopic (exact) mass is 255 g/mol. The van der Waals surface area contributed by atoms with E-state index in [9.17, 15) is 4.39 Å². The molecule has 0 amide bonds. The van der Waals surface area contributed by atoms with Crippen molar-refractivity contribution in [2.75, 3.05) is 31.7 Å². The highest BCUT2D eigenvalue weighted by Gasteiger charge is 2.12. The number of rotatable bonds is 3. The molecule has 1 aromatic carbocycles. The van der Waals surface area contributed by atoms with Crippen molar-refractivity contribution in [1.29, 1.82) is 0 Å². The van der Waals surface area contributed by atoms with Crippen LogP contribution in [0.2, 0.25) is 0 Å². The van der Waals surface area contributed by atoms with Gasteiger partial charge in [-0.15, -0.1) is 0 Å². The van der Waals surface area contributed by atoms with Gasteiger partial charge in [0.25, 0.3) is 0 Å². The standard InChI is InChI=1S/C11H14FN3OS/c12-9-7-8(11(13)17)1-2-10(9)14-15-3-5-16-6-4-15/h1-2,7,14H,3-6H2,(H2,13,17). The Morgan fingerprint density at radius 1 is 1.41 bits per heavy atom. The van der Waals surface area contributed by atoms with E-state index in [0.717, 1.165) is 13.1 Å². The van der Waals surface area contributed by atoms with Crippen molar-refractivity contribution < 1.29 is 9.13 Å². The number of nitrogens with one attached hydrogen (secondary N) is 1. The normalized spacial score (nSPS) is 16.8. The summed E-state index contributed by atoms with van der Waals surface area (Å²) in [7, 11) is 0. The fourth-order valence-electron chi connectivity index (χ4n) is 1.60. The first-order chi connectivity index (χ1) is 8.16. The first kappa shape index (κ1) is 12.2. The molecule has 3 N–H and O–H groups in total. The zero-order valence-corrected chi connectivity index (χ0v) is 10.1. The second kappa shape index (κ2) is 5.39. The molecule has 0 bridgehead atoms. The molecule has 6 heteroatoms. The maximum atomic E-state index is 13.7. The van der Waals surface area contributed by atoms with Gasteiger partial charge in [-0.3, -0.25) is 0 Å². The lowest BCUT2D eigenvalue weighted by Crippen LogP contribution is -2.40. The molecule has 1 aromatic rings. The molecule has 0 unspecified atom stereocenters. The molecule has 1 aliphatic heterocycles. The van der Waals surface area contributed by atoms with E-state index in [1.807, 2.05) is 5.01 Å². The predicted molar refractivity (Wildman–Crippen MR) is 68.3 cm³/mol. The summed E-state index contributed by atoms with van der Waals surface area (Å²) in [5, 5.41) is 1.92. The summed E-state index contributed by atoms with van der Waals surface area (Å²) in [6.07, 6.45) is 0. The van der Waals surface area contributed by atoms with E-state index in [2.05, 4.69) is 5.43 Å². The zero-order valence-electron chi connectivity index (χ0n) is 9.28. The van der Waals surface area contributed by atoms with Crippen LogP contribution >= 0.6 is 12.2 Å². The number of hydrogen-bond acceptors (Lipinski definition) is 4. The molecule has 92 valence electrons. The maximum absolute atomic E-state index is 13.7. The minimum atomic E-state index is -0.359. The Morgan fingerprint density at radius 3 is 2.71 bits per heavy atom. The van der Waals surface area contributed by atoms with Crippen LogP contribution in [0, 0.1) is 5.82 Å². The van der Waals surface area contributed by atoms with Crippen LogP contribution in [0.1, 0.15) is 5.56 Å². The zero-order chi connectivity index (χ0) is 12.3. The number of hydrazine groups is 1. The van der Waals surface area contributed by atoms with Gasteiger partial charge in [0.1, 0.15) is 10.8 Å². The highest BCUT2D eigenvalue weighted by atomic mass is 32.1. The van der Waals surface area contributed by atoms with E-state index < -0.39 is 0 Å². The second-order valence-corrected chi connectivity index (χ2v) is 4.21. The van der Waals surface area contributed by atoms with Crippen LogP contribution in [0.25, 0.3) is 0 Å². The number of anilines is 1. The molecule has 1 saturated heterocycles. The van der Waals surface area contributed by atoms with Crippen LogP contribution in [-0.2, 0) is 4.74 Å². The molecule has 0 atom stereocenters. The predicted octanol–water partition coefficient (Wildman–Crippen LogP) is 1.12. The molecule has 0 aromatic heterocycles. The van der Waals surface area contributed by atoms with Gasteiger partial charge >= 0.3 is 0 Å². The number of morpholine rings is 1. The summed E-state index contributed by atoms with van der Waals surface area (Å²) in [4.78, 5) is 0.196. The van der Waals surface area contributed by atoms with Crippen molar-refractivity contribution in [2.24, 2.45) is 5.73 Å². The first-order valence-electron chi connectivity index (χ1n) is 5.35. The summed E-state index contributed by atoms with van der Waals surface area (Å²) < 4.78 is 18.9. The van der Waals surface area contributed by atoms with Crippen LogP contribution in [0.4, 0.5) is 10.1 Å². The molecule has 1 aliphatic rings. The van der Waals surface area contributed by atoms with Crippen LogP contribution in [0.15, 0.2) is 18.2 Å². The third-order valence-corrected chi connectivity index (χ3v) is 2.78. The summed E-state index contributed by atoms with van der Waals surface area (Å²) in [6, 6.07) is 4.68. The molecule has 0 spiro atoms. The maximum Gasteiger partial charge on any atom is 0.148 e. The number of nitrogens with two attached hydrogens (primary N) is 1. The number of ether oxygens (including phenoxy) is 1. The molecule has 17 heavy (non-hydrogen) atoms. The third-order valence-electron chi connectivity index (χ3n) is 2.54. The Labute approximate surface area is 105 Å². The summed E-state index contributed by atoms with van der Waals surface area (Å²) in [5.41, 5.74) is 9.40. The quantitative estimate of drug-likeness (QED) is 0.793. The Balaban J connectivity index is 2.08.